The van der Waals surface area contributed by atoms with Gasteiger partial charge in [-0.1, -0.05) is 18.2 Å². The number of benzene rings is 1. The van der Waals surface area contributed by atoms with Crippen LogP contribution >= 0.6 is 0 Å². The summed E-state index contributed by atoms with van der Waals surface area (Å²) in [6, 6.07) is 9.05. The van der Waals surface area contributed by atoms with E-state index in [-0.39, 0.29) is 0 Å². The van der Waals surface area contributed by atoms with Gasteiger partial charge in [0, 0.05) is 0 Å². The summed E-state index contributed by atoms with van der Waals surface area (Å²) in [5.41, 5.74) is 0. The van der Waals surface area contributed by atoms with E-state index in [9.17, 15) is 4.21 Å². The Labute approximate surface area is 75.5 Å². The van der Waals surface area contributed by atoms with Gasteiger partial charge < -0.3 is 0 Å². The van der Waals surface area contributed by atoms with Crippen LogP contribution in [0.3, 0.4) is 0 Å². The Morgan fingerprint density at radius 2 is 1.75 bits per heavy atom. The van der Waals surface area contributed by atoms with Crippen molar-refractivity contribution in [3.63, 3.8) is 0 Å². The molecule has 0 heterocycles. The lowest BCUT2D eigenvalue weighted by atomic mass is 10.4. The van der Waals surface area contributed by atoms with Crippen LogP contribution in [0, 0.1) is 0 Å². The van der Waals surface area contributed by atoms with Gasteiger partial charge in [-0.15, -0.1) is 13.2 Å². The largest absolute Gasteiger partial charge is 0.290 e. The molecule has 0 N–H and O–H groups in total. The molecule has 1 unspecified atom stereocenters. The maximum absolute atomic E-state index is 10.9. The first-order chi connectivity index (χ1) is 5.84. The van der Waals surface area contributed by atoms with Crippen molar-refractivity contribution >= 4 is 11.1 Å². The molecule has 2 nitrogen and oxygen atoms in total. The third-order valence-electron chi connectivity index (χ3n) is 1.09. The average molecular weight is 184 g/mol. The zero-order valence-corrected chi connectivity index (χ0v) is 7.84. The van der Waals surface area contributed by atoms with Gasteiger partial charge in [-0.25, -0.2) is 4.21 Å². The van der Waals surface area contributed by atoms with E-state index in [2.05, 4.69) is 17.3 Å². The highest BCUT2D eigenvalue weighted by molar-refractivity contribution is 7.80. The van der Waals surface area contributed by atoms with E-state index in [0.717, 1.165) is 0 Å². The van der Waals surface area contributed by atoms with Crippen molar-refractivity contribution in [1.29, 1.82) is 0 Å². The molecule has 0 spiro atoms. The second kappa shape index (κ2) is 6.76. The SMILES string of the molecule is C=C.COS(=O)c1ccccc1. The highest BCUT2D eigenvalue weighted by Gasteiger charge is 1.97. The molecule has 0 radical (unpaired) electrons. The zero-order valence-electron chi connectivity index (χ0n) is 7.03. The lowest BCUT2D eigenvalue weighted by Crippen LogP contribution is -1.91. The molecule has 0 fully saturated rings. The summed E-state index contributed by atoms with van der Waals surface area (Å²) in [5.74, 6) is 0. The molecule has 1 aromatic carbocycles. The van der Waals surface area contributed by atoms with Gasteiger partial charge in [0.25, 0.3) is 0 Å². The maximum atomic E-state index is 10.9. The van der Waals surface area contributed by atoms with Gasteiger partial charge in [-0.05, 0) is 12.1 Å². The van der Waals surface area contributed by atoms with Crippen LogP contribution < -0.4 is 0 Å². The van der Waals surface area contributed by atoms with Crippen LogP contribution in [0.4, 0.5) is 0 Å². The molecule has 0 saturated carbocycles. The Morgan fingerprint density at radius 3 is 2.17 bits per heavy atom. The fourth-order valence-corrected chi connectivity index (χ4v) is 1.20. The van der Waals surface area contributed by atoms with Crippen molar-refractivity contribution in [2.45, 2.75) is 4.90 Å². The Balaban J connectivity index is 0.000000561. The van der Waals surface area contributed by atoms with E-state index in [1.54, 1.807) is 12.1 Å². The number of rotatable bonds is 2. The molecule has 3 heteroatoms. The fourth-order valence-electron chi connectivity index (χ4n) is 0.628. The van der Waals surface area contributed by atoms with Gasteiger partial charge in [0.1, 0.15) is 0 Å². The summed E-state index contributed by atoms with van der Waals surface area (Å²) in [6.45, 7) is 6.00. The average Bonchev–Trinajstić information content (AvgIpc) is 2.21. The van der Waals surface area contributed by atoms with Gasteiger partial charge in [-0.2, -0.15) is 0 Å². The molecule has 0 saturated heterocycles. The van der Waals surface area contributed by atoms with Crippen molar-refractivity contribution in [1.82, 2.24) is 0 Å². The predicted octanol–water partition coefficient (Wildman–Crippen LogP) is 2.16. The topological polar surface area (TPSA) is 26.3 Å². The van der Waals surface area contributed by atoms with Gasteiger partial charge >= 0.3 is 0 Å². The number of hydrogen-bond donors (Lipinski definition) is 0. The molecule has 0 aliphatic heterocycles. The van der Waals surface area contributed by atoms with E-state index >= 15 is 0 Å². The van der Waals surface area contributed by atoms with Crippen LogP contribution in [-0.2, 0) is 15.3 Å². The third-order valence-corrected chi connectivity index (χ3v) is 2.05. The van der Waals surface area contributed by atoms with Gasteiger partial charge in [-0.3, -0.25) is 4.18 Å². The van der Waals surface area contributed by atoms with Crippen molar-refractivity contribution < 1.29 is 8.39 Å². The summed E-state index contributed by atoms with van der Waals surface area (Å²) in [4.78, 5) is 0.699. The normalized spacial score (nSPS) is 11.1. The summed E-state index contributed by atoms with van der Waals surface area (Å²) in [6.07, 6.45) is 0. The van der Waals surface area contributed by atoms with Crippen LogP contribution in [-0.4, -0.2) is 11.3 Å². The Morgan fingerprint density at radius 1 is 1.25 bits per heavy atom. The van der Waals surface area contributed by atoms with E-state index in [1.165, 1.54) is 7.11 Å². The smallest absolute Gasteiger partial charge is 0.188 e. The van der Waals surface area contributed by atoms with Crippen molar-refractivity contribution in [2.24, 2.45) is 0 Å². The van der Waals surface area contributed by atoms with E-state index in [0.29, 0.717) is 4.90 Å². The maximum Gasteiger partial charge on any atom is 0.188 e. The molecule has 1 aromatic rings. The first-order valence-corrected chi connectivity index (χ1v) is 4.43. The van der Waals surface area contributed by atoms with Crippen molar-refractivity contribution in [3.8, 4) is 0 Å². The molecular weight excluding hydrogens is 172 g/mol. The van der Waals surface area contributed by atoms with Crippen LogP contribution in [0.25, 0.3) is 0 Å². The molecule has 0 aromatic heterocycles. The lowest BCUT2D eigenvalue weighted by molar-refractivity contribution is 0.446. The molecule has 0 bridgehead atoms. The minimum Gasteiger partial charge on any atom is -0.290 e. The highest BCUT2D eigenvalue weighted by Crippen LogP contribution is 2.04. The third kappa shape index (κ3) is 3.46. The zero-order chi connectivity index (χ0) is 9.40. The lowest BCUT2D eigenvalue weighted by Gasteiger charge is -1.95. The summed E-state index contributed by atoms with van der Waals surface area (Å²) < 4.78 is 15.5. The first-order valence-electron chi connectivity index (χ1n) is 3.36. The molecule has 0 amide bonds. The van der Waals surface area contributed by atoms with Gasteiger partial charge in [0.2, 0.25) is 0 Å². The second-order valence-electron chi connectivity index (χ2n) is 1.71. The van der Waals surface area contributed by atoms with E-state index < -0.39 is 11.1 Å². The van der Waals surface area contributed by atoms with Crippen molar-refractivity contribution in [3.05, 3.63) is 43.5 Å². The minimum atomic E-state index is -1.29. The minimum absolute atomic E-state index is 0.699. The Bertz CT molecular complexity index is 234. The molecule has 12 heavy (non-hydrogen) atoms. The standard InChI is InChI=1S/C7H8O2S.C2H4/c1-9-10(8)7-5-3-2-4-6-7;1-2/h2-6H,1H3;1-2H2. The Kier molecular flexibility index (Phi) is 6.24. The molecule has 66 valence electrons. The van der Waals surface area contributed by atoms with Crippen LogP contribution in [0.5, 0.6) is 0 Å². The summed E-state index contributed by atoms with van der Waals surface area (Å²) in [7, 11) is 1.42. The van der Waals surface area contributed by atoms with E-state index in [4.69, 9.17) is 0 Å². The summed E-state index contributed by atoms with van der Waals surface area (Å²) >= 11 is -1.29. The molecular formula is C9H12O2S. The highest BCUT2D eigenvalue weighted by atomic mass is 32.2. The van der Waals surface area contributed by atoms with Crippen molar-refractivity contribution in [2.75, 3.05) is 7.11 Å². The molecule has 1 rings (SSSR count). The molecule has 0 aliphatic rings. The molecule has 1 atom stereocenters. The fraction of sp³-hybridized carbons (Fsp3) is 0.111. The quantitative estimate of drug-likeness (QED) is 0.658. The van der Waals surface area contributed by atoms with Gasteiger partial charge in [0.05, 0.1) is 12.0 Å². The predicted molar refractivity (Wildman–Crippen MR) is 51.1 cm³/mol. The monoisotopic (exact) mass is 184 g/mol. The molecule has 0 aliphatic carbocycles. The number of hydrogen-bond acceptors (Lipinski definition) is 2. The summed E-state index contributed by atoms with van der Waals surface area (Å²) in [5, 5.41) is 0. The first kappa shape index (κ1) is 11.1. The van der Waals surface area contributed by atoms with Crippen LogP contribution in [0.15, 0.2) is 48.4 Å². The Hall–Kier alpha value is -0.930. The second-order valence-corrected chi connectivity index (χ2v) is 2.99. The van der Waals surface area contributed by atoms with Crippen LogP contribution in [0.1, 0.15) is 0 Å². The van der Waals surface area contributed by atoms with Gasteiger partial charge in [0.15, 0.2) is 11.1 Å². The van der Waals surface area contributed by atoms with E-state index in [1.807, 2.05) is 18.2 Å². The van der Waals surface area contributed by atoms with Crippen LogP contribution in [0.2, 0.25) is 0 Å².